The molecule has 3 rings (SSSR count). The lowest BCUT2D eigenvalue weighted by atomic mass is 10.00. The van der Waals surface area contributed by atoms with Gasteiger partial charge in [0, 0.05) is 37.1 Å². The van der Waals surface area contributed by atoms with Crippen molar-refractivity contribution < 1.29 is 4.74 Å². The normalized spacial score (nSPS) is 26.7. The van der Waals surface area contributed by atoms with E-state index in [4.69, 9.17) is 4.74 Å². The summed E-state index contributed by atoms with van der Waals surface area (Å²) in [7, 11) is 0. The van der Waals surface area contributed by atoms with E-state index in [-0.39, 0.29) is 5.60 Å². The van der Waals surface area contributed by atoms with Crippen LogP contribution in [0, 0.1) is 0 Å². The number of hydrogen-bond acceptors (Lipinski definition) is 4. The highest BCUT2D eigenvalue weighted by Gasteiger charge is 2.32. The summed E-state index contributed by atoms with van der Waals surface area (Å²) >= 11 is 1.91. The molecule has 2 aliphatic rings. The smallest absolute Gasteiger partial charge is 0.0902 e. The Morgan fingerprint density at radius 1 is 1.56 bits per heavy atom. The average molecular weight is 266 g/mol. The molecule has 1 unspecified atom stereocenters. The van der Waals surface area contributed by atoms with Crippen molar-refractivity contribution in [3.05, 3.63) is 21.9 Å². The van der Waals surface area contributed by atoms with Crippen molar-refractivity contribution in [1.29, 1.82) is 0 Å². The van der Waals surface area contributed by atoms with Crippen molar-refractivity contribution in [2.24, 2.45) is 0 Å². The lowest BCUT2D eigenvalue weighted by Crippen LogP contribution is -2.59. The Kier molecular flexibility index (Phi) is 3.45. The molecule has 1 fully saturated rings. The maximum atomic E-state index is 5.98. The van der Waals surface area contributed by atoms with Crippen molar-refractivity contribution in [3.8, 4) is 0 Å². The number of fused-ring (bicyclic) bond motifs is 1. The highest BCUT2D eigenvalue weighted by molar-refractivity contribution is 7.10. The van der Waals surface area contributed by atoms with Crippen LogP contribution in [0.3, 0.4) is 0 Å². The van der Waals surface area contributed by atoms with Crippen LogP contribution in [0.15, 0.2) is 11.4 Å². The largest absolute Gasteiger partial charge is 0.371 e. The second kappa shape index (κ2) is 4.93. The zero-order valence-electron chi connectivity index (χ0n) is 11.2. The van der Waals surface area contributed by atoms with Crippen LogP contribution in [0.5, 0.6) is 0 Å². The molecule has 0 bridgehead atoms. The fourth-order valence-electron chi connectivity index (χ4n) is 2.86. The summed E-state index contributed by atoms with van der Waals surface area (Å²) in [5.41, 5.74) is 1.62. The first kappa shape index (κ1) is 12.6. The van der Waals surface area contributed by atoms with E-state index >= 15 is 0 Å². The molecule has 3 heterocycles. The van der Waals surface area contributed by atoms with Gasteiger partial charge < -0.3 is 10.1 Å². The summed E-state index contributed by atoms with van der Waals surface area (Å²) in [6.07, 6.45) is 1.20. The van der Waals surface area contributed by atoms with Gasteiger partial charge in [0.2, 0.25) is 0 Å². The average Bonchev–Trinajstić information content (AvgIpc) is 2.79. The highest BCUT2D eigenvalue weighted by atomic mass is 32.1. The van der Waals surface area contributed by atoms with Gasteiger partial charge in [-0.25, -0.2) is 0 Å². The van der Waals surface area contributed by atoms with E-state index in [0.717, 1.165) is 26.2 Å². The molecule has 1 atom stereocenters. The number of rotatable bonds is 4. The van der Waals surface area contributed by atoms with E-state index in [1.807, 2.05) is 11.3 Å². The summed E-state index contributed by atoms with van der Waals surface area (Å²) in [6.45, 7) is 9.58. The first-order chi connectivity index (χ1) is 8.68. The monoisotopic (exact) mass is 266 g/mol. The van der Waals surface area contributed by atoms with Gasteiger partial charge in [-0.05, 0) is 37.3 Å². The van der Waals surface area contributed by atoms with Gasteiger partial charge in [0.1, 0.15) is 0 Å². The van der Waals surface area contributed by atoms with Crippen molar-refractivity contribution in [2.45, 2.75) is 31.9 Å². The minimum absolute atomic E-state index is 0.0898. The third kappa shape index (κ3) is 2.35. The molecule has 1 aromatic rings. The molecule has 0 saturated carbocycles. The van der Waals surface area contributed by atoms with Crippen LogP contribution in [0.2, 0.25) is 0 Å². The van der Waals surface area contributed by atoms with Crippen molar-refractivity contribution >= 4 is 11.3 Å². The van der Waals surface area contributed by atoms with Gasteiger partial charge in [-0.15, -0.1) is 11.3 Å². The lowest BCUT2D eigenvalue weighted by molar-refractivity contribution is -0.0745. The fraction of sp³-hybridized carbons (Fsp3) is 0.714. The van der Waals surface area contributed by atoms with Crippen LogP contribution in [0.4, 0.5) is 0 Å². The molecule has 1 N–H and O–H groups in total. The molecule has 18 heavy (non-hydrogen) atoms. The number of ether oxygens (including phenoxy) is 1. The van der Waals surface area contributed by atoms with Gasteiger partial charge in [-0.3, -0.25) is 4.90 Å². The first-order valence-corrected chi connectivity index (χ1v) is 7.71. The highest BCUT2D eigenvalue weighted by Crippen LogP contribution is 2.32. The van der Waals surface area contributed by atoms with E-state index in [9.17, 15) is 0 Å². The Morgan fingerprint density at radius 2 is 2.39 bits per heavy atom. The molecule has 1 aromatic heterocycles. The van der Waals surface area contributed by atoms with Crippen molar-refractivity contribution in [2.75, 3.05) is 32.8 Å². The van der Waals surface area contributed by atoms with Crippen molar-refractivity contribution in [1.82, 2.24) is 10.2 Å². The van der Waals surface area contributed by atoms with Crippen molar-refractivity contribution in [3.63, 3.8) is 0 Å². The molecular weight excluding hydrogens is 244 g/mol. The molecule has 0 aromatic carbocycles. The van der Waals surface area contributed by atoms with E-state index in [2.05, 4.69) is 35.5 Å². The Bertz CT molecular complexity index is 414. The molecular formula is C14H22N2OS. The fourth-order valence-corrected chi connectivity index (χ4v) is 3.82. The van der Waals surface area contributed by atoms with E-state index < -0.39 is 0 Å². The molecule has 3 nitrogen and oxygen atoms in total. The second-order valence-corrected chi connectivity index (χ2v) is 6.66. The number of nitrogens with one attached hydrogen (secondary N) is 1. The minimum atomic E-state index is 0.0898. The number of thiophene rings is 1. The molecule has 2 aliphatic heterocycles. The van der Waals surface area contributed by atoms with Crippen LogP contribution < -0.4 is 5.32 Å². The van der Waals surface area contributed by atoms with Gasteiger partial charge in [-0.1, -0.05) is 0 Å². The summed E-state index contributed by atoms with van der Waals surface area (Å²) in [5, 5.41) is 5.50. The molecule has 1 saturated heterocycles. The molecule has 4 heteroatoms. The quantitative estimate of drug-likeness (QED) is 0.902. The Morgan fingerprint density at radius 3 is 3.11 bits per heavy atom. The van der Waals surface area contributed by atoms with Crippen LogP contribution in [-0.2, 0) is 11.2 Å². The van der Waals surface area contributed by atoms with Gasteiger partial charge in [-0.2, -0.15) is 0 Å². The van der Waals surface area contributed by atoms with E-state index in [0.29, 0.717) is 6.04 Å². The zero-order valence-corrected chi connectivity index (χ0v) is 12.1. The topological polar surface area (TPSA) is 24.5 Å². The summed E-state index contributed by atoms with van der Waals surface area (Å²) < 4.78 is 5.98. The van der Waals surface area contributed by atoms with Gasteiger partial charge >= 0.3 is 0 Å². The lowest BCUT2D eigenvalue weighted by Gasteiger charge is -2.40. The van der Waals surface area contributed by atoms with Crippen LogP contribution in [0.1, 0.15) is 30.3 Å². The van der Waals surface area contributed by atoms with Crippen LogP contribution in [-0.4, -0.2) is 43.3 Å². The summed E-state index contributed by atoms with van der Waals surface area (Å²) in [4.78, 5) is 4.12. The van der Waals surface area contributed by atoms with Gasteiger partial charge in [0.25, 0.3) is 0 Å². The predicted molar refractivity (Wildman–Crippen MR) is 75.2 cm³/mol. The summed E-state index contributed by atoms with van der Waals surface area (Å²) in [5.74, 6) is 0. The molecule has 0 amide bonds. The SMILES string of the molecule is CC1c2ccsc2CCN1CCOC1(C)CNC1. The number of nitrogens with zero attached hydrogens (tertiary/aromatic N) is 1. The maximum absolute atomic E-state index is 5.98. The standard InChI is InChI=1S/C14H22N2OS/c1-11-12-4-8-18-13(12)3-5-16(11)6-7-17-14(2)9-15-10-14/h4,8,11,15H,3,5-7,9-10H2,1-2H3. The second-order valence-electron chi connectivity index (χ2n) is 5.66. The molecule has 0 radical (unpaired) electrons. The zero-order chi connectivity index (χ0) is 12.6. The van der Waals surface area contributed by atoms with Gasteiger partial charge in [0.05, 0.1) is 12.2 Å². The molecule has 0 aliphatic carbocycles. The van der Waals surface area contributed by atoms with Crippen LogP contribution in [0.25, 0.3) is 0 Å². The summed E-state index contributed by atoms with van der Waals surface area (Å²) in [6, 6.07) is 2.84. The Labute approximate surface area is 113 Å². The Balaban J connectivity index is 1.52. The predicted octanol–water partition coefficient (Wildman–Crippen LogP) is 2.05. The van der Waals surface area contributed by atoms with Crippen LogP contribution >= 0.6 is 11.3 Å². The first-order valence-electron chi connectivity index (χ1n) is 6.83. The molecule has 100 valence electrons. The Hall–Kier alpha value is -0.420. The van der Waals surface area contributed by atoms with Gasteiger partial charge in [0.15, 0.2) is 0 Å². The number of hydrogen-bond donors (Lipinski definition) is 1. The minimum Gasteiger partial charge on any atom is -0.371 e. The van der Waals surface area contributed by atoms with E-state index in [1.54, 1.807) is 4.88 Å². The molecule has 0 spiro atoms. The third-order valence-corrected chi connectivity index (χ3v) is 5.23. The third-order valence-electron chi connectivity index (χ3n) is 4.23. The maximum Gasteiger partial charge on any atom is 0.0902 e. The van der Waals surface area contributed by atoms with E-state index in [1.165, 1.54) is 18.5 Å².